The lowest BCUT2D eigenvalue weighted by atomic mass is 10.2. The van der Waals surface area contributed by atoms with E-state index in [-0.39, 0.29) is 17.5 Å². The number of carbonyl (C=O) groups is 2. The van der Waals surface area contributed by atoms with Crippen LogP contribution in [0.2, 0.25) is 0 Å². The zero-order valence-electron chi connectivity index (χ0n) is 15.3. The molecule has 0 radical (unpaired) electrons. The second kappa shape index (κ2) is 8.26. The smallest absolute Gasteiger partial charge is 0.274 e. The average Bonchev–Trinajstić information content (AvgIpc) is 2.61. The van der Waals surface area contributed by atoms with Crippen LogP contribution in [0.15, 0.2) is 54.6 Å². The van der Waals surface area contributed by atoms with Crippen LogP contribution in [-0.2, 0) is 4.79 Å². The number of hydrogen-bond acceptors (Lipinski definition) is 5. The molecule has 28 heavy (non-hydrogen) atoms. The van der Waals surface area contributed by atoms with Crippen molar-refractivity contribution in [3.05, 3.63) is 71.8 Å². The predicted molar refractivity (Wildman–Crippen MR) is 105 cm³/mol. The number of carbonyl (C=O) groups excluding carboxylic acids is 2. The van der Waals surface area contributed by atoms with E-state index in [0.29, 0.717) is 22.8 Å². The summed E-state index contributed by atoms with van der Waals surface area (Å²) in [5, 5.41) is 8.27. The van der Waals surface area contributed by atoms with Crippen molar-refractivity contribution in [1.82, 2.24) is 9.97 Å². The first-order valence-electron chi connectivity index (χ1n) is 8.46. The van der Waals surface area contributed by atoms with Crippen molar-refractivity contribution in [3.63, 3.8) is 0 Å². The number of rotatable bonds is 5. The minimum Gasteiger partial charge on any atom is -0.326 e. The molecule has 0 bridgehead atoms. The molecule has 0 fully saturated rings. The number of aromatic nitrogens is 2. The largest absolute Gasteiger partial charge is 0.326 e. The fraction of sp³-hybridized carbons (Fsp3) is 0.100. The lowest BCUT2D eigenvalue weighted by molar-refractivity contribution is -0.114. The molecule has 2 aromatic carbocycles. The third-order valence-electron chi connectivity index (χ3n) is 3.61. The Labute approximate surface area is 161 Å². The topological polar surface area (TPSA) is 96.0 Å². The first-order chi connectivity index (χ1) is 13.4. The van der Waals surface area contributed by atoms with Crippen molar-refractivity contribution < 1.29 is 14.0 Å². The number of amides is 2. The van der Waals surface area contributed by atoms with Crippen LogP contribution in [0.5, 0.6) is 0 Å². The van der Waals surface area contributed by atoms with E-state index in [4.69, 9.17) is 0 Å². The minimum atomic E-state index is -0.437. The Bertz CT molecular complexity index is 1040. The lowest BCUT2D eigenvalue weighted by Crippen LogP contribution is -2.16. The van der Waals surface area contributed by atoms with Gasteiger partial charge in [-0.2, -0.15) is 0 Å². The van der Waals surface area contributed by atoms with Crippen molar-refractivity contribution in [2.75, 3.05) is 16.0 Å². The molecule has 0 aliphatic heterocycles. The minimum absolute atomic E-state index is 0.149. The molecule has 0 spiro atoms. The maximum absolute atomic E-state index is 13.3. The Balaban J connectivity index is 1.78. The summed E-state index contributed by atoms with van der Waals surface area (Å²) in [6.07, 6.45) is 0. The third kappa shape index (κ3) is 5.10. The summed E-state index contributed by atoms with van der Waals surface area (Å²) in [6.45, 7) is 3.13. The number of anilines is 4. The van der Waals surface area contributed by atoms with Gasteiger partial charge < -0.3 is 16.0 Å². The lowest BCUT2D eigenvalue weighted by Gasteiger charge is -2.10. The molecule has 8 heteroatoms. The van der Waals surface area contributed by atoms with Crippen LogP contribution in [0.25, 0.3) is 0 Å². The Morgan fingerprint density at radius 1 is 0.893 bits per heavy atom. The second-order valence-corrected chi connectivity index (χ2v) is 6.07. The molecule has 0 saturated heterocycles. The van der Waals surface area contributed by atoms with Crippen LogP contribution in [0, 0.1) is 12.7 Å². The van der Waals surface area contributed by atoms with Crippen LogP contribution in [0.4, 0.5) is 27.4 Å². The van der Waals surface area contributed by atoms with Gasteiger partial charge in [-0.15, -0.1) is 0 Å². The van der Waals surface area contributed by atoms with Crippen molar-refractivity contribution in [2.45, 2.75) is 13.8 Å². The Morgan fingerprint density at radius 2 is 1.57 bits per heavy atom. The summed E-state index contributed by atoms with van der Waals surface area (Å²) in [6, 6.07) is 14.2. The first kappa shape index (κ1) is 19.0. The fourth-order valence-electron chi connectivity index (χ4n) is 2.51. The Morgan fingerprint density at radius 3 is 2.29 bits per heavy atom. The molecule has 0 saturated carbocycles. The average molecular weight is 379 g/mol. The number of hydrogen-bond donors (Lipinski definition) is 3. The summed E-state index contributed by atoms with van der Waals surface area (Å²) in [4.78, 5) is 32.2. The molecule has 2 amide bonds. The third-order valence-corrected chi connectivity index (χ3v) is 3.61. The molecule has 0 atom stereocenters. The molecule has 0 unspecified atom stereocenters. The number of benzene rings is 2. The highest BCUT2D eigenvalue weighted by molar-refractivity contribution is 6.03. The summed E-state index contributed by atoms with van der Waals surface area (Å²) in [5.41, 5.74) is 2.27. The van der Waals surface area contributed by atoms with E-state index >= 15 is 0 Å². The molecule has 3 N–H and O–H groups in total. The zero-order chi connectivity index (χ0) is 20.1. The van der Waals surface area contributed by atoms with Crippen LogP contribution in [0.1, 0.15) is 23.1 Å². The highest BCUT2D eigenvalue weighted by Gasteiger charge is 2.12. The van der Waals surface area contributed by atoms with Crippen molar-refractivity contribution in [2.24, 2.45) is 0 Å². The van der Waals surface area contributed by atoms with Crippen LogP contribution >= 0.6 is 0 Å². The van der Waals surface area contributed by atoms with Gasteiger partial charge >= 0.3 is 0 Å². The van der Waals surface area contributed by atoms with Crippen LogP contribution in [-0.4, -0.2) is 21.8 Å². The summed E-state index contributed by atoms with van der Waals surface area (Å²) < 4.78 is 13.3. The standard InChI is InChI=1S/C20H18FN5O2/c1-12-9-18(26-20(22-12)25-15-6-3-5-14(21)10-15)19(28)24-17-8-4-7-16(11-17)23-13(2)27/h3-11H,1-2H3,(H,23,27)(H,24,28)(H,22,25,26). The summed E-state index contributed by atoms with van der Waals surface area (Å²) in [7, 11) is 0. The SMILES string of the molecule is CC(=O)Nc1cccc(NC(=O)c2cc(C)nc(Nc3cccc(F)c3)n2)c1. The number of halogens is 1. The van der Waals surface area contributed by atoms with Gasteiger partial charge in [-0.3, -0.25) is 9.59 Å². The molecule has 0 aliphatic rings. The van der Waals surface area contributed by atoms with Gasteiger partial charge in [0.2, 0.25) is 11.9 Å². The maximum Gasteiger partial charge on any atom is 0.274 e. The highest BCUT2D eigenvalue weighted by atomic mass is 19.1. The number of nitrogens with zero attached hydrogens (tertiary/aromatic N) is 2. The van der Waals surface area contributed by atoms with E-state index in [0.717, 1.165) is 0 Å². The van der Waals surface area contributed by atoms with Gasteiger partial charge in [0.05, 0.1) is 0 Å². The second-order valence-electron chi connectivity index (χ2n) is 6.07. The molecule has 1 heterocycles. The number of nitrogens with one attached hydrogen (secondary N) is 3. The van der Waals surface area contributed by atoms with E-state index in [9.17, 15) is 14.0 Å². The van der Waals surface area contributed by atoms with Gasteiger partial charge in [0, 0.05) is 29.7 Å². The summed E-state index contributed by atoms with van der Waals surface area (Å²) in [5.74, 6) is -0.854. The Kier molecular flexibility index (Phi) is 5.59. The Hall–Kier alpha value is -3.81. The quantitative estimate of drug-likeness (QED) is 0.625. The van der Waals surface area contributed by atoms with Crippen LogP contribution in [0.3, 0.4) is 0 Å². The fourth-order valence-corrected chi connectivity index (χ4v) is 2.51. The van der Waals surface area contributed by atoms with Gasteiger partial charge in [-0.05, 0) is 49.4 Å². The van der Waals surface area contributed by atoms with Crippen molar-refractivity contribution in [1.29, 1.82) is 0 Å². The number of aryl methyl sites for hydroxylation is 1. The maximum atomic E-state index is 13.3. The van der Waals surface area contributed by atoms with E-state index < -0.39 is 11.7 Å². The monoisotopic (exact) mass is 379 g/mol. The molecule has 7 nitrogen and oxygen atoms in total. The summed E-state index contributed by atoms with van der Waals surface area (Å²) >= 11 is 0. The predicted octanol–water partition coefficient (Wildman–Crippen LogP) is 3.88. The highest BCUT2D eigenvalue weighted by Crippen LogP contribution is 2.18. The van der Waals surface area contributed by atoms with E-state index in [1.54, 1.807) is 49.4 Å². The molecule has 1 aromatic heterocycles. The first-order valence-corrected chi connectivity index (χ1v) is 8.46. The molecular formula is C20H18FN5O2. The molecule has 3 aromatic rings. The van der Waals surface area contributed by atoms with E-state index in [1.807, 2.05) is 0 Å². The molecule has 142 valence electrons. The molecular weight excluding hydrogens is 361 g/mol. The normalized spacial score (nSPS) is 10.2. The van der Waals surface area contributed by atoms with Gasteiger partial charge in [0.1, 0.15) is 11.5 Å². The van der Waals surface area contributed by atoms with Gasteiger partial charge in [-0.25, -0.2) is 14.4 Å². The molecule has 3 rings (SSSR count). The zero-order valence-corrected chi connectivity index (χ0v) is 15.3. The van der Waals surface area contributed by atoms with Crippen molar-refractivity contribution in [3.8, 4) is 0 Å². The molecule has 0 aliphatic carbocycles. The van der Waals surface area contributed by atoms with Gasteiger partial charge in [0.25, 0.3) is 5.91 Å². The van der Waals surface area contributed by atoms with Gasteiger partial charge in [0.15, 0.2) is 0 Å². The van der Waals surface area contributed by atoms with Crippen LogP contribution < -0.4 is 16.0 Å². The van der Waals surface area contributed by atoms with Crippen molar-refractivity contribution >= 4 is 34.8 Å². The van der Waals surface area contributed by atoms with E-state index in [2.05, 4.69) is 25.9 Å². The van der Waals surface area contributed by atoms with Gasteiger partial charge in [-0.1, -0.05) is 12.1 Å². The van der Waals surface area contributed by atoms with E-state index in [1.165, 1.54) is 19.1 Å².